The molecule has 0 radical (unpaired) electrons. The Balaban J connectivity index is 1.72. The lowest BCUT2D eigenvalue weighted by atomic mass is 10.1. The number of hydrogen-bond acceptors (Lipinski definition) is 4. The van der Waals surface area contributed by atoms with Gasteiger partial charge in [-0.2, -0.15) is 0 Å². The molecule has 1 amide bonds. The van der Waals surface area contributed by atoms with Crippen molar-refractivity contribution >= 4 is 21.6 Å². The van der Waals surface area contributed by atoms with E-state index in [-0.39, 0.29) is 28.6 Å². The van der Waals surface area contributed by atoms with E-state index in [1.54, 1.807) is 6.07 Å². The van der Waals surface area contributed by atoms with Crippen LogP contribution in [-0.4, -0.2) is 34.1 Å². The molecule has 0 saturated carbocycles. The van der Waals surface area contributed by atoms with Crippen LogP contribution in [0.25, 0.3) is 0 Å². The zero-order valence-electron chi connectivity index (χ0n) is 13.9. The second-order valence-electron chi connectivity index (χ2n) is 6.04. The molecule has 1 unspecified atom stereocenters. The Bertz CT molecular complexity index is 896. The van der Waals surface area contributed by atoms with E-state index in [1.807, 2.05) is 0 Å². The third-order valence-corrected chi connectivity index (χ3v) is 5.54. The highest BCUT2D eigenvalue weighted by Crippen LogP contribution is 2.17. The number of amides is 1. The van der Waals surface area contributed by atoms with E-state index in [2.05, 4.69) is 10.0 Å². The van der Waals surface area contributed by atoms with Crippen LogP contribution in [0.4, 0.5) is 10.1 Å². The smallest absolute Gasteiger partial charge is 0.255 e. The molecule has 1 saturated heterocycles. The van der Waals surface area contributed by atoms with Gasteiger partial charge in [0.1, 0.15) is 5.82 Å². The van der Waals surface area contributed by atoms with E-state index >= 15 is 0 Å². The average Bonchev–Trinajstić information content (AvgIpc) is 3.16. The van der Waals surface area contributed by atoms with Crippen molar-refractivity contribution in [2.24, 2.45) is 5.92 Å². The minimum absolute atomic E-state index is 0.0161. The van der Waals surface area contributed by atoms with Gasteiger partial charge in [-0.15, -0.1) is 0 Å². The summed E-state index contributed by atoms with van der Waals surface area (Å²) in [7, 11) is -3.74. The number of benzene rings is 2. The number of halogens is 1. The molecule has 26 heavy (non-hydrogen) atoms. The lowest BCUT2D eigenvalue weighted by Crippen LogP contribution is -2.29. The molecule has 1 fully saturated rings. The fraction of sp³-hybridized carbons (Fsp3) is 0.278. The molecule has 138 valence electrons. The number of para-hydroxylation sites is 1. The van der Waals surface area contributed by atoms with E-state index in [4.69, 9.17) is 4.74 Å². The molecule has 6 nitrogen and oxygen atoms in total. The second-order valence-corrected chi connectivity index (χ2v) is 7.81. The molecule has 1 aliphatic rings. The maximum absolute atomic E-state index is 13.7. The van der Waals surface area contributed by atoms with Gasteiger partial charge < -0.3 is 10.1 Å². The van der Waals surface area contributed by atoms with Gasteiger partial charge in [0, 0.05) is 18.7 Å². The first-order chi connectivity index (χ1) is 12.5. The van der Waals surface area contributed by atoms with E-state index in [9.17, 15) is 17.6 Å². The van der Waals surface area contributed by atoms with Gasteiger partial charge in [0.25, 0.3) is 5.91 Å². The lowest BCUT2D eigenvalue weighted by Gasteiger charge is -2.11. The third-order valence-electron chi connectivity index (χ3n) is 4.11. The summed E-state index contributed by atoms with van der Waals surface area (Å²) in [5, 5.41) is 2.44. The van der Waals surface area contributed by atoms with Gasteiger partial charge in [0.05, 0.1) is 17.2 Å². The Hall–Kier alpha value is -2.29. The van der Waals surface area contributed by atoms with Crippen LogP contribution < -0.4 is 10.0 Å². The molecule has 0 aliphatic carbocycles. The molecule has 0 spiro atoms. The first-order valence-corrected chi connectivity index (χ1v) is 9.67. The molecular weight excluding hydrogens is 359 g/mol. The highest BCUT2D eigenvalue weighted by atomic mass is 32.2. The molecule has 3 rings (SSSR count). The Kier molecular flexibility index (Phi) is 5.65. The van der Waals surface area contributed by atoms with Crippen LogP contribution >= 0.6 is 0 Å². The fourth-order valence-corrected chi connectivity index (χ4v) is 3.78. The van der Waals surface area contributed by atoms with Crippen LogP contribution in [-0.2, 0) is 14.8 Å². The summed E-state index contributed by atoms with van der Waals surface area (Å²) >= 11 is 0. The van der Waals surface area contributed by atoms with Crippen molar-refractivity contribution in [1.29, 1.82) is 0 Å². The van der Waals surface area contributed by atoms with Crippen molar-refractivity contribution in [3.63, 3.8) is 0 Å². The van der Waals surface area contributed by atoms with E-state index in [1.165, 1.54) is 42.5 Å². The Morgan fingerprint density at radius 2 is 2.00 bits per heavy atom. The molecule has 1 aliphatic heterocycles. The zero-order chi connectivity index (χ0) is 18.6. The summed E-state index contributed by atoms with van der Waals surface area (Å²) in [4.78, 5) is 12.3. The van der Waals surface area contributed by atoms with E-state index in [0.717, 1.165) is 6.42 Å². The Morgan fingerprint density at radius 3 is 2.73 bits per heavy atom. The molecule has 1 atom stereocenters. The van der Waals surface area contributed by atoms with Gasteiger partial charge >= 0.3 is 0 Å². The van der Waals surface area contributed by atoms with Crippen molar-refractivity contribution in [2.45, 2.75) is 11.3 Å². The molecular formula is C18H19FN2O4S. The van der Waals surface area contributed by atoms with Gasteiger partial charge in [0.15, 0.2) is 0 Å². The highest BCUT2D eigenvalue weighted by Gasteiger charge is 2.21. The minimum atomic E-state index is -3.74. The summed E-state index contributed by atoms with van der Waals surface area (Å²) in [5.74, 6) is -1.00. The summed E-state index contributed by atoms with van der Waals surface area (Å²) in [6, 6.07) is 11.4. The number of sulfonamides is 1. The number of ether oxygens (including phenoxy) is 1. The summed E-state index contributed by atoms with van der Waals surface area (Å²) in [6.45, 7) is 1.46. The van der Waals surface area contributed by atoms with Gasteiger partial charge in [0.2, 0.25) is 10.0 Å². The molecule has 8 heteroatoms. The maximum atomic E-state index is 13.7. The first kappa shape index (κ1) is 18.5. The number of rotatable bonds is 6. The molecule has 2 N–H and O–H groups in total. The largest absolute Gasteiger partial charge is 0.381 e. The van der Waals surface area contributed by atoms with Crippen molar-refractivity contribution < 1.29 is 22.3 Å². The normalized spacial score (nSPS) is 17.2. The molecule has 2 aromatic carbocycles. The van der Waals surface area contributed by atoms with Crippen molar-refractivity contribution in [3.8, 4) is 0 Å². The van der Waals surface area contributed by atoms with Gasteiger partial charge in [-0.3, -0.25) is 4.79 Å². The van der Waals surface area contributed by atoms with Crippen LogP contribution in [0.15, 0.2) is 53.4 Å². The van der Waals surface area contributed by atoms with Crippen molar-refractivity contribution in [1.82, 2.24) is 4.72 Å². The van der Waals surface area contributed by atoms with Crippen molar-refractivity contribution in [2.75, 3.05) is 25.1 Å². The number of nitrogens with one attached hydrogen (secondary N) is 2. The molecule has 1 heterocycles. The van der Waals surface area contributed by atoms with Crippen LogP contribution in [0.3, 0.4) is 0 Å². The minimum Gasteiger partial charge on any atom is -0.381 e. The molecule has 0 aromatic heterocycles. The zero-order valence-corrected chi connectivity index (χ0v) is 14.8. The van der Waals surface area contributed by atoms with Crippen LogP contribution in [0.1, 0.15) is 16.8 Å². The number of anilines is 1. The van der Waals surface area contributed by atoms with Crippen molar-refractivity contribution in [3.05, 3.63) is 59.9 Å². The van der Waals surface area contributed by atoms with Gasteiger partial charge in [-0.1, -0.05) is 18.2 Å². The maximum Gasteiger partial charge on any atom is 0.255 e. The predicted molar refractivity (Wildman–Crippen MR) is 94.9 cm³/mol. The van der Waals surface area contributed by atoms with Gasteiger partial charge in [-0.05, 0) is 42.7 Å². The summed E-state index contributed by atoms with van der Waals surface area (Å²) < 4.78 is 46.3. The van der Waals surface area contributed by atoms with Gasteiger partial charge in [-0.25, -0.2) is 17.5 Å². The van der Waals surface area contributed by atoms with Crippen LogP contribution in [0.5, 0.6) is 0 Å². The van der Waals surface area contributed by atoms with E-state index in [0.29, 0.717) is 13.2 Å². The fourth-order valence-electron chi connectivity index (χ4n) is 2.62. The standard InChI is InChI=1S/C18H19FN2O4S/c19-16-6-1-2-7-17(16)21-18(22)14-4-3-5-15(10-14)26(23,24)20-11-13-8-9-25-12-13/h1-7,10,13,20H,8-9,11-12H2,(H,21,22). The second kappa shape index (κ2) is 7.94. The monoisotopic (exact) mass is 378 g/mol. The van der Waals surface area contributed by atoms with E-state index < -0.39 is 21.7 Å². The Labute approximate surface area is 151 Å². The van der Waals surface area contributed by atoms with Crippen LogP contribution in [0.2, 0.25) is 0 Å². The SMILES string of the molecule is O=C(Nc1ccccc1F)c1cccc(S(=O)(=O)NCC2CCOC2)c1. The molecule has 2 aromatic rings. The number of carbonyl (C=O) groups is 1. The topological polar surface area (TPSA) is 84.5 Å². The average molecular weight is 378 g/mol. The first-order valence-electron chi connectivity index (χ1n) is 8.19. The number of carbonyl (C=O) groups excluding carboxylic acids is 1. The lowest BCUT2D eigenvalue weighted by molar-refractivity contribution is 0.102. The summed E-state index contributed by atoms with van der Waals surface area (Å²) in [5.41, 5.74) is 0.158. The predicted octanol–water partition coefficient (Wildman–Crippen LogP) is 2.39. The highest BCUT2D eigenvalue weighted by molar-refractivity contribution is 7.89. The Morgan fingerprint density at radius 1 is 1.19 bits per heavy atom. The molecule has 0 bridgehead atoms. The number of hydrogen-bond donors (Lipinski definition) is 2. The van der Waals surface area contributed by atoms with Crippen LogP contribution in [0, 0.1) is 11.7 Å². The quantitative estimate of drug-likeness (QED) is 0.808. The third kappa shape index (κ3) is 4.46. The summed E-state index contributed by atoms with van der Waals surface area (Å²) in [6.07, 6.45) is 0.813.